The maximum atomic E-state index is 13.1. The summed E-state index contributed by atoms with van der Waals surface area (Å²) >= 11 is 0. The van der Waals surface area contributed by atoms with Gasteiger partial charge in [0.1, 0.15) is 11.3 Å². The smallest absolute Gasteiger partial charge is 0.223 e. The van der Waals surface area contributed by atoms with E-state index < -0.39 is 0 Å². The largest absolute Gasteiger partial charge is 0.370 e. The number of rotatable bonds is 4. The molecule has 0 saturated carbocycles. The van der Waals surface area contributed by atoms with Gasteiger partial charge in [-0.15, -0.1) is 0 Å². The van der Waals surface area contributed by atoms with Gasteiger partial charge in [-0.25, -0.2) is 14.4 Å². The van der Waals surface area contributed by atoms with Crippen LogP contribution in [-0.2, 0) is 4.79 Å². The van der Waals surface area contributed by atoms with E-state index in [0.29, 0.717) is 5.65 Å². The number of hydrogen-bond acceptors (Lipinski definition) is 5. The lowest BCUT2D eigenvalue weighted by molar-refractivity contribution is -0.126. The van der Waals surface area contributed by atoms with Gasteiger partial charge < -0.3 is 10.2 Å². The third-order valence-electron chi connectivity index (χ3n) is 5.27. The summed E-state index contributed by atoms with van der Waals surface area (Å²) in [7, 11) is 0. The molecule has 144 valence electrons. The van der Waals surface area contributed by atoms with E-state index in [4.69, 9.17) is 0 Å². The van der Waals surface area contributed by atoms with E-state index in [0.717, 1.165) is 42.7 Å². The fourth-order valence-electron chi connectivity index (χ4n) is 3.59. The molecule has 6 nitrogen and oxygen atoms in total. The molecule has 7 heteroatoms. The summed E-state index contributed by atoms with van der Waals surface area (Å²) in [6.45, 7) is 3.50. The van der Waals surface area contributed by atoms with Crippen LogP contribution < -0.4 is 10.2 Å². The predicted octanol–water partition coefficient (Wildman–Crippen LogP) is 3.26. The normalized spacial score (nSPS) is 16.1. The standard InChI is InChI=1S/C21H22FN5O/c1-14(15-2-4-17(22)5-3-15)26-21(28)16-6-10-27(11-7-16)18-12-19-20(25-13-18)24-9-8-23-19/h2-5,8-9,12-14,16H,6-7,10-11H2,1H3,(H,26,28). The molecule has 1 N–H and O–H groups in total. The topological polar surface area (TPSA) is 71.0 Å². The quantitative estimate of drug-likeness (QED) is 0.753. The van der Waals surface area contributed by atoms with Gasteiger partial charge in [-0.3, -0.25) is 9.78 Å². The lowest BCUT2D eigenvalue weighted by Crippen LogP contribution is -2.41. The number of halogens is 1. The van der Waals surface area contributed by atoms with Gasteiger partial charge in [0, 0.05) is 31.4 Å². The van der Waals surface area contributed by atoms with E-state index in [-0.39, 0.29) is 23.7 Å². The van der Waals surface area contributed by atoms with Crippen LogP contribution in [0.2, 0.25) is 0 Å². The van der Waals surface area contributed by atoms with Crippen LogP contribution in [-0.4, -0.2) is 33.9 Å². The first kappa shape index (κ1) is 18.3. The SMILES string of the molecule is CC(NC(=O)C1CCN(c2cnc3nccnc3c2)CC1)c1ccc(F)cc1. The molecule has 4 rings (SSSR count). The number of pyridine rings is 1. The van der Waals surface area contributed by atoms with Crippen molar-refractivity contribution in [1.82, 2.24) is 20.3 Å². The summed E-state index contributed by atoms with van der Waals surface area (Å²) in [5, 5.41) is 3.05. The van der Waals surface area contributed by atoms with Crippen molar-refractivity contribution < 1.29 is 9.18 Å². The van der Waals surface area contributed by atoms with E-state index in [1.807, 2.05) is 19.2 Å². The Bertz CT molecular complexity index is 970. The average Bonchev–Trinajstić information content (AvgIpc) is 2.74. The van der Waals surface area contributed by atoms with Crippen molar-refractivity contribution >= 4 is 22.8 Å². The van der Waals surface area contributed by atoms with Crippen molar-refractivity contribution in [3.05, 3.63) is 60.3 Å². The number of amides is 1. The minimum absolute atomic E-state index is 0.0210. The van der Waals surface area contributed by atoms with Gasteiger partial charge >= 0.3 is 0 Å². The lowest BCUT2D eigenvalue weighted by atomic mass is 9.95. The first-order valence-corrected chi connectivity index (χ1v) is 9.48. The van der Waals surface area contributed by atoms with Crippen molar-refractivity contribution in [2.75, 3.05) is 18.0 Å². The number of aromatic nitrogens is 3. The number of carbonyl (C=O) groups excluding carboxylic acids is 1. The molecule has 1 aliphatic rings. The highest BCUT2D eigenvalue weighted by Crippen LogP contribution is 2.25. The van der Waals surface area contributed by atoms with Crippen molar-refractivity contribution in [2.45, 2.75) is 25.8 Å². The predicted molar refractivity (Wildman–Crippen MR) is 105 cm³/mol. The number of piperidine rings is 1. The molecule has 28 heavy (non-hydrogen) atoms. The molecular formula is C21H22FN5O. The van der Waals surface area contributed by atoms with E-state index in [9.17, 15) is 9.18 Å². The molecule has 2 aromatic heterocycles. The highest BCUT2D eigenvalue weighted by atomic mass is 19.1. The molecule has 1 fully saturated rings. The molecule has 0 spiro atoms. The van der Waals surface area contributed by atoms with Crippen molar-refractivity contribution in [3.63, 3.8) is 0 Å². The second-order valence-electron chi connectivity index (χ2n) is 7.14. The molecule has 3 heterocycles. The monoisotopic (exact) mass is 379 g/mol. The van der Waals surface area contributed by atoms with Gasteiger partial charge in [0.15, 0.2) is 5.65 Å². The van der Waals surface area contributed by atoms with Gasteiger partial charge in [0.05, 0.1) is 17.9 Å². The van der Waals surface area contributed by atoms with Crippen LogP contribution >= 0.6 is 0 Å². The van der Waals surface area contributed by atoms with E-state index >= 15 is 0 Å². The first-order chi connectivity index (χ1) is 13.6. The van der Waals surface area contributed by atoms with Crippen LogP contribution in [0.25, 0.3) is 11.2 Å². The molecule has 1 atom stereocenters. The number of nitrogens with one attached hydrogen (secondary N) is 1. The van der Waals surface area contributed by atoms with Gasteiger partial charge in [0.25, 0.3) is 0 Å². The summed E-state index contributed by atoms with van der Waals surface area (Å²) in [4.78, 5) is 27.7. The van der Waals surface area contributed by atoms with E-state index in [1.54, 1.807) is 24.5 Å². The maximum Gasteiger partial charge on any atom is 0.223 e. The van der Waals surface area contributed by atoms with Crippen molar-refractivity contribution in [3.8, 4) is 0 Å². The van der Waals surface area contributed by atoms with E-state index in [1.165, 1.54) is 12.1 Å². The maximum absolute atomic E-state index is 13.1. The zero-order chi connectivity index (χ0) is 19.5. The van der Waals surface area contributed by atoms with Crippen LogP contribution in [0.4, 0.5) is 10.1 Å². The molecule has 0 aliphatic carbocycles. The fraction of sp³-hybridized carbons (Fsp3) is 0.333. The minimum Gasteiger partial charge on any atom is -0.370 e. The first-order valence-electron chi connectivity index (χ1n) is 9.48. The number of carbonyl (C=O) groups is 1. The fourth-order valence-corrected chi connectivity index (χ4v) is 3.59. The molecule has 0 bridgehead atoms. The van der Waals surface area contributed by atoms with Gasteiger partial charge in [0.2, 0.25) is 5.91 Å². The van der Waals surface area contributed by atoms with Crippen molar-refractivity contribution in [2.24, 2.45) is 5.92 Å². The Balaban J connectivity index is 1.35. The number of anilines is 1. The molecule has 0 radical (unpaired) electrons. The molecule has 1 saturated heterocycles. The summed E-state index contributed by atoms with van der Waals surface area (Å²) < 4.78 is 13.1. The zero-order valence-corrected chi connectivity index (χ0v) is 15.7. The second-order valence-corrected chi connectivity index (χ2v) is 7.14. The molecular weight excluding hydrogens is 357 g/mol. The Kier molecular flexibility index (Phi) is 5.14. The number of fused-ring (bicyclic) bond motifs is 1. The summed E-state index contributed by atoms with van der Waals surface area (Å²) in [5.74, 6) is -0.241. The van der Waals surface area contributed by atoms with Crippen LogP contribution in [0.5, 0.6) is 0 Å². The third kappa shape index (κ3) is 3.93. The Morgan fingerprint density at radius 2 is 1.86 bits per heavy atom. The summed E-state index contributed by atoms with van der Waals surface area (Å²) in [6, 6.07) is 8.09. The number of nitrogens with zero attached hydrogens (tertiary/aromatic N) is 4. The number of benzene rings is 1. The molecule has 3 aromatic rings. The average molecular weight is 379 g/mol. The zero-order valence-electron chi connectivity index (χ0n) is 15.7. The molecule has 1 amide bonds. The molecule has 1 aliphatic heterocycles. The summed E-state index contributed by atoms with van der Waals surface area (Å²) in [6.07, 6.45) is 6.66. The van der Waals surface area contributed by atoms with Gasteiger partial charge in [-0.1, -0.05) is 12.1 Å². The van der Waals surface area contributed by atoms with Gasteiger partial charge in [-0.2, -0.15) is 0 Å². The number of hydrogen-bond donors (Lipinski definition) is 1. The Hall–Kier alpha value is -3.09. The second kappa shape index (κ2) is 7.88. The summed E-state index contributed by atoms with van der Waals surface area (Å²) in [5.41, 5.74) is 3.31. The lowest BCUT2D eigenvalue weighted by Gasteiger charge is -2.33. The highest BCUT2D eigenvalue weighted by molar-refractivity contribution is 5.79. The molecule has 1 aromatic carbocycles. The van der Waals surface area contributed by atoms with Gasteiger partial charge in [-0.05, 0) is 43.5 Å². The van der Waals surface area contributed by atoms with Crippen LogP contribution in [0.15, 0.2) is 48.9 Å². The third-order valence-corrected chi connectivity index (χ3v) is 5.27. The Labute approximate surface area is 162 Å². The molecule has 1 unspecified atom stereocenters. The highest BCUT2D eigenvalue weighted by Gasteiger charge is 2.26. The minimum atomic E-state index is -0.274. The van der Waals surface area contributed by atoms with Crippen molar-refractivity contribution in [1.29, 1.82) is 0 Å². The van der Waals surface area contributed by atoms with Crippen LogP contribution in [0.1, 0.15) is 31.4 Å². The van der Waals surface area contributed by atoms with Crippen LogP contribution in [0, 0.1) is 11.7 Å². The van der Waals surface area contributed by atoms with E-state index in [2.05, 4.69) is 25.2 Å². The Morgan fingerprint density at radius 1 is 1.14 bits per heavy atom. The Morgan fingerprint density at radius 3 is 2.61 bits per heavy atom. The van der Waals surface area contributed by atoms with Crippen LogP contribution in [0.3, 0.4) is 0 Å².